The first-order chi connectivity index (χ1) is 12.3. The molecule has 2 atom stereocenters. The molecule has 0 saturated carbocycles. The molecule has 1 aromatic heterocycles. The van der Waals surface area contributed by atoms with Crippen molar-refractivity contribution in [2.75, 3.05) is 16.8 Å². The van der Waals surface area contributed by atoms with E-state index in [4.69, 9.17) is 4.42 Å². The maximum absolute atomic E-state index is 6.34. The van der Waals surface area contributed by atoms with Gasteiger partial charge in [0.15, 0.2) is 5.58 Å². The molecular weight excluding hydrogens is 308 g/mol. The monoisotopic (exact) mass is 326 g/mol. The Morgan fingerprint density at radius 3 is 2.48 bits per heavy atom. The Labute approximate surface area is 146 Å². The van der Waals surface area contributed by atoms with Crippen LogP contribution < -0.4 is 9.80 Å². The number of rotatable bonds is 0. The first-order valence-corrected chi connectivity index (χ1v) is 8.81. The molecule has 25 heavy (non-hydrogen) atoms. The molecule has 3 aromatic carbocycles. The number of hydrogen-bond acceptors (Lipinski definition) is 3. The highest BCUT2D eigenvalue weighted by Crippen LogP contribution is 2.56. The topological polar surface area (TPSA) is 19.6 Å². The van der Waals surface area contributed by atoms with E-state index in [0.717, 1.165) is 11.2 Å². The minimum absolute atomic E-state index is 0.311. The lowest BCUT2D eigenvalue weighted by Crippen LogP contribution is -2.37. The minimum atomic E-state index is 0.311. The van der Waals surface area contributed by atoms with Gasteiger partial charge in [-0.3, -0.25) is 0 Å². The van der Waals surface area contributed by atoms with Crippen LogP contribution in [0.5, 0.6) is 0 Å². The number of anilines is 3. The highest BCUT2D eigenvalue weighted by molar-refractivity contribution is 6.11. The Morgan fingerprint density at radius 1 is 0.840 bits per heavy atom. The fourth-order valence-electron chi connectivity index (χ4n) is 4.80. The summed E-state index contributed by atoms with van der Waals surface area (Å²) < 4.78 is 6.34. The fourth-order valence-corrected chi connectivity index (χ4v) is 4.80. The molecule has 0 spiro atoms. The van der Waals surface area contributed by atoms with Gasteiger partial charge in [-0.25, -0.2) is 0 Å². The van der Waals surface area contributed by atoms with Gasteiger partial charge in [-0.1, -0.05) is 49.4 Å². The molecular formula is C22H18N2O. The van der Waals surface area contributed by atoms with Crippen LogP contribution in [0.15, 0.2) is 65.1 Å². The molecule has 2 aliphatic heterocycles. The van der Waals surface area contributed by atoms with Crippen LogP contribution in [0.25, 0.3) is 21.9 Å². The van der Waals surface area contributed by atoms with Crippen molar-refractivity contribution in [3.05, 3.63) is 66.2 Å². The molecule has 2 aliphatic rings. The molecule has 0 fully saturated rings. The third kappa shape index (κ3) is 1.47. The summed E-state index contributed by atoms with van der Waals surface area (Å²) in [4.78, 5) is 4.87. The summed E-state index contributed by atoms with van der Waals surface area (Å²) in [7, 11) is 2.20. The van der Waals surface area contributed by atoms with Crippen LogP contribution in [-0.4, -0.2) is 13.2 Å². The quantitative estimate of drug-likeness (QED) is 0.418. The van der Waals surface area contributed by atoms with Gasteiger partial charge >= 0.3 is 0 Å². The molecule has 0 bridgehead atoms. The van der Waals surface area contributed by atoms with Gasteiger partial charge in [-0.15, -0.1) is 0 Å². The van der Waals surface area contributed by atoms with Gasteiger partial charge < -0.3 is 14.2 Å². The predicted molar refractivity (Wildman–Crippen MR) is 103 cm³/mol. The summed E-state index contributed by atoms with van der Waals surface area (Å²) in [6.07, 6.45) is 0.311. The highest BCUT2D eigenvalue weighted by Gasteiger charge is 2.46. The molecule has 0 saturated heterocycles. The van der Waals surface area contributed by atoms with Crippen LogP contribution in [0.1, 0.15) is 18.4 Å². The largest absolute Gasteiger partial charge is 0.454 e. The third-order valence-electron chi connectivity index (χ3n) is 5.91. The van der Waals surface area contributed by atoms with Crippen molar-refractivity contribution in [1.29, 1.82) is 0 Å². The molecule has 0 radical (unpaired) electrons. The van der Waals surface area contributed by atoms with Crippen molar-refractivity contribution in [3.8, 4) is 0 Å². The zero-order chi connectivity index (χ0) is 16.7. The summed E-state index contributed by atoms with van der Waals surface area (Å²) in [5, 5.41) is 2.39. The van der Waals surface area contributed by atoms with E-state index >= 15 is 0 Å². The number of likely N-dealkylation sites (N-methyl/N-ethyl adjacent to an activating group) is 1. The Bertz CT molecular complexity index is 1160. The molecule has 2 unspecified atom stereocenters. The van der Waals surface area contributed by atoms with Gasteiger partial charge in [0, 0.05) is 23.7 Å². The average molecular weight is 326 g/mol. The van der Waals surface area contributed by atoms with E-state index in [9.17, 15) is 0 Å². The normalized spacial score (nSPS) is 21.0. The Kier molecular flexibility index (Phi) is 2.33. The predicted octanol–water partition coefficient (Wildman–Crippen LogP) is 5.62. The van der Waals surface area contributed by atoms with Crippen molar-refractivity contribution in [3.63, 3.8) is 0 Å². The van der Waals surface area contributed by atoms with E-state index in [1.165, 1.54) is 33.4 Å². The summed E-state index contributed by atoms with van der Waals surface area (Å²) >= 11 is 0. The summed E-state index contributed by atoms with van der Waals surface area (Å²) in [5.74, 6) is 0.421. The van der Waals surface area contributed by atoms with E-state index in [1.54, 1.807) is 0 Å². The van der Waals surface area contributed by atoms with E-state index in [1.807, 2.05) is 6.07 Å². The molecule has 3 heteroatoms. The van der Waals surface area contributed by atoms with Gasteiger partial charge in [-0.2, -0.15) is 0 Å². The fraction of sp³-hybridized carbons (Fsp3) is 0.182. The number of hydrogen-bond donors (Lipinski definition) is 0. The van der Waals surface area contributed by atoms with Crippen molar-refractivity contribution in [1.82, 2.24) is 0 Å². The second kappa shape index (κ2) is 4.37. The maximum atomic E-state index is 6.34. The lowest BCUT2D eigenvalue weighted by molar-refractivity contribution is 0.604. The van der Waals surface area contributed by atoms with Crippen LogP contribution in [0.2, 0.25) is 0 Å². The number of benzene rings is 3. The molecule has 0 aliphatic carbocycles. The van der Waals surface area contributed by atoms with E-state index in [2.05, 4.69) is 78.4 Å². The zero-order valence-electron chi connectivity index (χ0n) is 14.2. The van der Waals surface area contributed by atoms with Crippen molar-refractivity contribution in [2.24, 2.45) is 0 Å². The molecule has 0 amide bonds. The van der Waals surface area contributed by atoms with E-state index < -0.39 is 0 Å². The van der Waals surface area contributed by atoms with Crippen LogP contribution in [0.4, 0.5) is 17.1 Å². The van der Waals surface area contributed by atoms with Crippen LogP contribution in [0, 0.1) is 0 Å². The second-order valence-electron chi connectivity index (χ2n) is 7.15. The highest BCUT2D eigenvalue weighted by atomic mass is 16.3. The number of para-hydroxylation sites is 3. The van der Waals surface area contributed by atoms with Crippen LogP contribution in [0.3, 0.4) is 0 Å². The Morgan fingerprint density at radius 2 is 1.60 bits per heavy atom. The first-order valence-electron chi connectivity index (χ1n) is 8.81. The standard InChI is InChI=1S/C22H18N2O/c1-13-14-11-12-16-15-7-3-6-10-19(15)25-21(16)20(14)24-18-9-5-4-8-17(18)23(2)22(13)24/h3-13,22H,1-2H3. The Balaban J connectivity index is 1.73. The number of nitrogens with zero attached hydrogens (tertiary/aromatic N) is 2. The molecule has 122 valence electrons. The van der Waals surface area contributed by atoms with Crippen molar-refractivity contribution < 1.29 is 4.42 Å². The first kappa shape index (κ1) is 13.4. The SMILES string of the molecule is CC1c2ccc3c(oc4ccccc43)c2N2c3ccccc3N(C)C12. The number of fused-ring (bicyclic) bond motifs is 9. The lowest BCUT2D eigenvalue weighted by Gasteiger charge is -2.27. The molecule has 6 rings (SSSR count). The smallest absolute Gasteiger partial charge is 0.159 e. The minimum Gasteiger partial charge on any atom is -0.454 e. The van der Waals surface area contributed by atoms with Gasteiger partial charge in [0.2, 0.25) is 0 Å². The van der Waals surface area contributed by atoms with Crippen molar-refractivity contribution in [2.45, 2.75) is 19.0 Å². The Hall–Kier alpha value is -2.94. The third-order valence-corrected chi connectivity index (χ3v) is 5.91. The van der Waals surface area contributed by atoms with E-state index in [-0.39, 0.29) is 0 Å². The van der Waals surface area contributed by atoms with Crippen molar-refractivity contribution >= 4 is 39.0 Å². The number of furan rings is 1. The summed E-state index contributed by atoms with van der Waals surface area (Å²) in [6.45, 7) is 2.32. The molecule has 3 heterocycles. The molecule has 3 nitrogen and oxygen atoms in total. The van der Waals surface area contributed by atoms with Crippen LogP contribution in [-0.2, 0) is 0 Å². The lowest BCUT2D eigenvalue weighted by atomic mass is 9.99. The van der Waals surface area contributed by atoms with Gasteiger partial charge in [0.25, 0.3) is 0 Å². The summed E-state index contributed by atoms with van der Waals surface area (Å²) in [6, 6.07) is 21.5. The van der Waals surface area contributed by atoms with Gasteiger partial charge in [0.1, 0.15) is 11.7 Å². The van der Waals surface area contributed by atoms with Gasteiger partial charge in [-0.05, 0) is 23.8 Å². The average Bonchev–Trinajstić information content (AvgIpc) is 3.26. The van der Waals surface area contributed by atoms with E-state index in [0.29, 0.717) is 12.1 Å². The second-order valence-corrected chi connectivity index (χ2v) is 7.15. The molecule has 0 N–H and O–H groups in total. The summed E-state index contributed by atoms with van der Waals surface area (Å²) in [5.41, 5.74) is 7.15. The maximum Gasteiger partial charge on any atom is 0.159 e. The zero-order valence-corrected chi connectivity index (χ0v) is 14.2. The van der Waals surface area contributed by atoms with Crippen LogP contribution >= 0.6 is 0 Å². The molecule has 4 aromatic rings. The van der Waals surface area contributed by atoms with Gasteiger partial charge in [0.05, 0.1) is 17.1 Å².